The number of benzene rings is 1. The fourth-order valence-corrected chi connectivity index (χ4v) is 4.50. The second-order valence-corrected chi connectivity index (χ2v) is 7.16. The lowest BCUT2D eigenvalue weighted by atomic mass is 9.79. The normalized spacial score (nSPS) is 27.2. The van der Waals surface area contributed by atoms with Gasteiger partial charge in [-0.2, -0.15) is 4.31 Å². The molecule has 1 aliphatic heterocycles. The van der Waals surface area contributed by atoms with Crippen molar-refractivity contribution in [2.24, 2.45) is 5.92 Å². The molecule has 1 aliphatic rings. The van der Waals surface area contributed by atoms with E-state index in [1.165, 1.54) is 6.26 Å². The van der Waals surface area contributed by atoms with E-state index < -0.39 is 10.0 Å². The topological polar surface area (TPSA) is 50.5 Å². The average Bonchev–Trinajstić information content (AvgIpc) is 2.89. The van der Waals surface area contributed by atoms with Crippen LogP contribution in [0.2, 0.25) is 0 Å². The van der Waals surface area contributed by atoms with Gasteiger partial charge >= 0.3 is 0 Å². The average molecular weight is 291 g/mol. The third-order valence-corrected chi connectivity index (χ3v) is 5.12. The van der Waals surface area contributed by atoms with Gasteiger partial charge in [0, 0.05) is 5.92 Å². The van der Waals surface area contributed by atoms with Gasteiger partial charge in [-0.25, -0.2) is 8.42 Å². The van der Waals surface area contributed by atoms with Crippen LogP contribution in [0.1, 0.15) is 30.3 Å². The summed E-state index contributed by atoms with van der Waals surface area (Å²) in [4.78, 5) is 0. The Morgan fingerprint density at radius 3 is 2.30 bits per heavy atom. The first kappa shape index (κ1) is 13.4. The molecule has 0 spiro atoms. The Kier molecular flexibility index (Phi) is 3.18. The zero-order chi connectivity index (χ0) is 14.3. The van der Waals surface area contributed by atoms with Crippen LogP contribution in [-0.4, -0.2) is 19.0 Å². The summed E-state index contributed by atoms with van der Waals surface area (Å²) >= 11 is 0. The summed E-state index contributed by atoms with van der Waals surface area (Å²) in [6.45, 7) is 2.06. The van der Waals surface area contributed by atoms with E-state index in [0.717, 1.165) is 5.56 Å². The van der Waals surface area contributed by atoms with Gasteiger partial charge in [-0.1, -0.05) is 37.3 Å². The molecular weight excluding hydrogens is 274 g/mol. The molecule has 2 aromatic rings. The fourth-order valence-electron chi connectivity index (χ4n) is 3.07. The first-order valence-corrected chi connectivity index (χ1v) is 8.42. The van der Waals surface area contributed by atoms with Gasteiger partial charge < -0.3 is 4.42 Å². The van der Waals surface area contributed by atoms with Gasteiger partial charge in [0.15, 0.2) is 0 Å². The van der Waals surface area contributed by atoms with Gasteiger partial charge in [0.2, 0.25) is 10.0 Å². The monoisotopic (exact) mass is 291 g/mol. The van der Waals surface area contributed by atoms with E-state index in [1.54, 1.807) is 16.6 Å². The van der Waals surface area contributed by atoms with Crippen molar-refractivity contribution in [2.75, 3.05) is 6.26 Å². The lowest BCUT2D eigenvalue weighted by Gasteiger charge is -2.51. The highest BCUT2D eigenvalue weighted by atomic mass is 32.2. The van der Waals surface area contributed by atoms with Crippen molar-refractivity contribution in [3.8, 4) is 0 Å². The summed E-state index contributed by atoms with van der Waals surface area (Å²) in [7, 11) is -3.30. The first-order chi connectivity index (χ1) is 9.50. The molecule has 0 amide bonds. The SMILES string of the molecule is C[C@@H]1[C@@H](c2ccco2)N(S(C)(=O)=O)[C@H]1c1ccccc1. The Labute approximate surface area is 119 Å². The first-order valence-electron chi connectivity index (χ1n) is 6.57. The van der Waals surface area contributed by atoms with E-state index in [1.807, 2.05) is 36.4 Å². The van der Waals surface area contributed by atoms with Crippen molar-refractivity contribution in [1.82, 2.24) is 4.31 Å². The molecule has 20 heavy (non-hydrogen) atoms. The smallest absolute Gasteiger partial charge is 0.212 e. The minimum absolute atomic E-state index is 0.124. The molecule has 4 nitrogen and oxygen atoms in total. The minimum atomic E-state index is -3.30. The zero-order valence-electron chi connectivity index (χ0n) is 11.4. The molecule has 106 valence electrons. The van der Waals surface area contributed by atoms with Crippen molar-refractivity contribution < 1.29 is 12.8 Å². The maximum absolute atomic E-state index is 12.1. The lowest BCUT2D eigenvalue weighted by Crippen LogP contribution is -2.53. The van der Waals surface area contributed by atoms with E-state index >= 15 is 0 Å². The number of rotatable bonds is 3. The third-order valence-electron chi connectivity index (χ3n) is 3.90. The van der Waals surface area contributed by atoms with Gasteiger partial charge in [0.05, 0.1) is 24.6 Å². The highest BCUT2D eigenvalue weighted by molar-refractivity contribution is 7.88. The molecule has 0 unspecified atom stereocenters. The predicted molar refractivity (Wildman–Crippen MR) is 76.5 cm³/mol. The van der Waals surface area contributed by atoms with Crippen molar-refractivity contribution in [3.63, 3.8) is 0 Å². The number of furan rings is 1. The van der Waals surface area contributed by atoms with Crippen molar-refractivity contribution >= 4 is 10.0 Å². The van der Waals surface area contributed by atoms with Crippen LogP contribution in [0.3, 0.4) is 0 Å². The van der Waals surface area contributed by atoms with Crippen molar-refractivity contribution in [1.29, 1.82) is 0 Å². The summed E-state index contributed by atoms with van der Waals surface area (Å²) in [5.74, 6) is 0.883. The van der Waals surface area contributed by atoms with Crippen molar-refractivity contribution in [2.45, 2.75) is 19.0 Å². The molecule has 3 atom stereocenters. The molecule has 0 N–H and O–H groups in total. The predicted octanol–water partition coefficient (Wildman–Crippen LogP) is 2.97. The lowest BCUT2D eigenvalue weighted by molar-refractivity contribution is 0.0161. The van der Waals surface area contributed by atoms with E-state index in [4.69, 9.17) is 4.42 Å². The quantitative estimate of drug-likeness (QED) is 0.873. The standard InChI is InChI=1S/C15H17NO3S/c1-11-14(12-7-4-3-5-8-12)16(20(2,17)18)15(11)13-9-6-10-19-13/h3-11,14-15H,1-2H3/t11-,14+,15-/m0/s1. The van der Waals surface area contributed by atoms with Crippen LogP contribution in [0.25, 0.3) is 0 Å². The minimum Gasteiger partial charge on any atom is -0.468 e. The van der Waals surface area contributed by atoms with Gasteiger partial charge in [0.1, 0.15) is 5.76 Å². The molecule has 1 fully saturated rings. The summed E-state index contributed by atoms with van der Waals surface area (Å²) in [6.07, 6.45) is 2.84. The third kappa shape index (κ3) is 2.07. The van der Waals surface area contributed by atoms with Gasteiger partial charge in [0.25, 0.3) is 0 Å². The molecular formula is C15H17NO3S. The number of hydrogen-bond donors (Lipinski definition) is 0. The zero-order valence-corrected chi connectivity index (χ0v) is 12.2. The number of sulfonamides is 1. The maximum atomic E-state index is 12.1. The Balaban J connectivity index is 2.01. The van der Waals surface area contributed by atoms with Crippen molar-refractivity contribution in [3.05, 3.63) is 60.1 Å². The fraction of sp³-hybridized carbons (Fsp3) is 0.333. The molecule has 0 aliphatic carbocycles. The van der Waals surface area contributed by atoms with Gasteiger partial charge in [-0.15, -0.1) is 0 Å². The Bertz CT molecular complexity index is 679. The van der Waals surface area contributed by atoms with Crippen LogP contribution >= 0.6 is 0 Å². The molecule has 3 rings (SSSR count). The Morgan fingerprint density at radius 1 is 1.05 bits per heavy atom. The summed E-state index contributed by atoms with van der Waals surface area (Å²) in [6, 6.07) is 13.0. The van der Waals surface area contributed by atoms with Crippen LogP contribution in [0, 0.1) is 5.92 Å². The van der Waals surface area contributed by atoms with E-state index in [2.05, 4.69) is 6.92 Å². The number of hydrogen-bond acceptors (Lipinski definition) is 3. The largest absolute Gasteiger partial charge is 0.468 e. The highest BCUT2D eigenvalue weighted by Crippen LogP contribution is 2.53. The molecule has 1 aromatic heterocycles. The molecule has 0 bridgehead atoms. The maximum Gasteiger partial charge on any atom is 0.212 e. The second-order valence-electron chi connectivity index (χ2n) is 5.27. The summed E-state index contributed by atoms with van der Waals surface area (Å²) in [5, 5.41) is 0. The van der Waals surface area contributed by atoms with E-state index in [0.29, 0.717) is 5.76 Å². The molecule has 2 heterocycles. The molecule has 0 radical (unpaired) electrons. The Hall–Kier alpha value is -1.59. The summed E-state index contributed by atoms with van der Waals surface area (Å²) in [5.41, 5.74) is 1.02. The summed E-state index contributed by atoms with van der Waals surface area (Å²) < 4.78 is 31.2. The molecule has 5 heteroatoms. The molecule has 1 aromatic carbocycles. The van der Waals surface area contributed by atoms with Gasteiger partial charge in [-0.05, 0) is 17.7 Å². The molecule has 0 saturated carbocycles. The molecule has 1 saturated heterocycles. The van der Waals surface area contributed by atoms with Crippen LogP contribution in [0.5, 0.6) is 0 Å². The van der Waals surface area contributed by atoms with Crippen LogP contribution in [0.4, 0.5) is 0 Å². The van der Waals surface area contributed by atoms with Crippen LogP contribution in [0.15, 0.2) is 53.1 Å². The van der Waals surface area contributed by atoms with Crippen LogP contribution in [-0.2, 0) is 10.0 Å². The van der Waals surface area contributed by atoms with E-state index in [9.17, 15) is 8.42 Å². The highest BCUT2D eigenvalue weighted by Gasteiger charge is 2.53. The second kappa shape index (κ2) is 4.75. The van der Waals surface area contributed by atoms with E-state index in [-0.39, 0.29) is 18.0 Å². The van der Waals surface area contributed by atoms with Crippen LogP contribution < -0.4 is 0 Å². The Morgan fingerprint density at radius 2 is 1.75 bits per heavy atom. The number of nitrogens with zero attached hydrogens (tertiary/aromatic N) is 1. The van der Waals surface area contributed by atoms with Gasteiger partial charge in [-0.3, -0.25) is 0 Å².